The molecule has 1 aromatic carbocycles. The molecular formula is C19H31ClN2O4. The van der Waals surface area contributed by atoms with Crippen molar-refractivity contribution in [3.63, 3.8) is 0 Å². The first-order chi connectivity index (χ1) is 12.2. The van der Waals surface area contributed by atoms with Crippen LogP contribution in [0.2, 0.25) is 0 Å². The van der Waals surface area contributed by atoms with Crippen LogP contribution in [-0.4, -0.2) is 45.4 Å². The van der Waals surface area contributed by atoms with Crippen molar-refractivity contribution in [3.05, 3.63) is 17.7 Å². The van der Waals surface area contributed by atoms with E-state index in [1.54, 1.807) is 12.1 Å². The van der Waals surface area contributed by atoms with Crippen molar-refractivity contribution in [2.24, 2.45) is 5.92 Å². The third kappa shape index (κ3) is 6.25. The molecule has 0 aromatic heterocycles. The summed E-state index contributed by atoms with van der Waals surface area (Å²) in [5.74, 6) is 2.01. The average molecular weight is 387 g/mol. The van der Waals surface area contributed by atoms with E-state index in [0.717, 1.165) is 25.9 Å². The molecule has 0 aliphatic carbocycles. The summed E-state index contributed by atoms with van der Waals surface area (Å²) in [6, 6.07) is 3.46. The van der Waals surface area contributed by atoms with E-state index in [-0.39, 0.29) is 18.3 Å². The Morgan fingerprint density at radius 3 is 2.23 bits per heavy atom. The van der Waals surface area contributed by atoms with Crippen LogP contribution in [0.25, 0.3) is 0 Å². The summed E-state index contributed by atoms with van der Waals surface area (Å²) < 4.78 is 17.0. The molecule has 1 aliphatic rings. The summed E-state index contributed by atoms with van der Waals surface area (Å²) in [5, 5.41) is 6.39. The fraction of sp³-hybridized carbons (Fsp3) is 0.632. The lowest BCUT2D eigenvalue weighted by atomic mass is 9.99. The van der Waals surface area contributed by atoms with Crippen molar-refractivity contribution in [2.75, 3.05) is 39.5 Å². The molecule has 2 N–H and O–H groups in total. The van der Waals surface area contributed by atoms with Gasteiger partial charge >= 0.3 is 0 Å². The van der Waals surface area contributed by atoms with E-state index in [1.807, 2.05) is 20.8 Å². The molecule has 1 aliphatic heterocycles. The minimum Gasteiger partial charge on any atom is -0.490 e. The van der Waals surface area contributed by atoms with Crippen LogP contribution in [0.4, 0.5) is 0 Å². The van der Waals surface area contributed by atoms with E-state index in [9.17, 15) is 4.79 Å². The Hall–Kier alpha value is -1.66. The van der Waals surface area contributed by atoms with Gasteiger partial charge in [0.1, 0.15) is 0 Å². The van der Waals surface area contributed by atoms with Crippen LogP contribution in [-0.2, 0) is 0 Å². The molecule has 1 atom stereocenters. The van der Waals surface area contributed by atoms with E-state index in [0.29, 0.717) is 55.1 Å². The van der Waals surface area contributed by atoms with Gasteiger partial charge in [0.25, 0.3) is 5.91 Å². The van der Waals surface area contributed by atoms with Gasteiger partial charge in [0, 0.05) is 12.1 Å². The highest BCUT2D eigenvalue weighted by Gasteiger charge is 2.19. The first-order valence-corrected chi connectivity index (χ1v) is 9.24. The summed E-state index contributed by atoms with van der Waals surface area (Å²) >= 11 is 0. The Kier molecular flexibility index (Phi) is 10.2. The predicted molar refractivity (Wildman–Crippen MR) is 105 cm³/mol. The van der Waals surface area contributed by atoms with Gasteiger partial charge in [-0.25, -0.2) is 0 Å². The normalized spacial score (nSPS) is 16.3. The molecule has 2 rings (SSSR count). The van der Waals surface area contributed by atoms with Crippen LogP contribution < -0.4 is 24.8 Å². The molecule has 1 saturated heterocycles. The van der Waals surface area contributed by atoms with Gasteiger partial charge in [0.2, 0.25) is 5.75 Å². The van der Waals surface area contributed by atoms with Crippen molar-refractivity contribution < 1.29 is 19.0 Å². The first-order valence-electron chi connectivity index (χ1n) is 9.24. The summed E-state index contributed by atoms with van der Waals surface area (Å²) in [5.41, 5.74) is 0.527. The van der Waals surface area contributed by atoms with Gasteiger partial charge in [0.15, 0.2) is 11.5 Å². The second-order valence-corrected chi connectivity index (χ2v) is 6.02. The van der Waals surface area contributed by atoms with Gasteiger partial charge in [-0.15, -0.1) is 12.4 Å². The molecule has 1 aromatic rings. The Morgan fingerprint density at radius 1 is 1.12 bits per heavy atom. The van der Waals surface area contributed by atoms with Crippen LogP contribution in [0.15, 0.2) is 12.1 Å². The Bertz CT molecular complexity index is 535. The number of hydrogen-bond donors (Lipinski definition) is 2. The Balaban J connectivity index is 0.00000338. The van der Waals surface area contributed by atoms with Crippen LogP contribution in [0.5, 0.6) is 17.2 Å². The molecule has 1 heterocycles. The van der Waals surface area contributed by atoms with Gasteiger partial charge in [-0.1, -0.05) is 0 Å². The maximum atomic E-state index is 12.6. The fourth-order valence-corrected chi connectivity index (χ4v) is 2.96. The molecule has 1 unspecified atom stereocenters. The number of carbonyl (C=O) groups is 1. The van der Waals surface area contributed by atoms with Crippen LogP contribution in [0.3, 0.4) is 0 Å². The zero-order chi connectivity index (χ0) is 18.1. The maximum absolute atomic E-state index is 12.6. The van der Waals surface area contributed by atoms with E-state index in [2.05, 4.69) is 10.6 Å². The van der Waals surface area contributed by atoms with Crippen LogP contribution in [0.1, 0.15) is 44.0 Å². The van der Waals surface area contributed by atoms with E-state index >= 15 is 0 Å². The fourth-order valence-electron chi connectivity index (χ4n) is 2.96. The minimum atomic E-state index is -0.115. The number of hydrogen-bond acceptors (Lipinski definition) is 5. The highest BCUT2D eigenvalue weighted by Crippen LogP contribution is 2.39. The maximum Gasteiger partial charge on any atom is 0.251 e. The molecule has 6 nitrogen and oxygen atoms in total. The molecule has 0 spiro atoms. The number of benzene rings is 1. The third-order valence-corrected chi connectivity index (χ3v) is 4.12. The summed E-state index contributed by atoms with van der Waals surface area (Å²) in [6.45, 7) is 9.89. The topological polar surface area (TPSA) is 68.8 Å². The number of rotatable bonds is 9. The number of amides is 1. The number of piperidine rings is 1. The highest BCUT2D eigenvalue weighted by atomic mass is 35.5. The molecule has 26 heavy (non-hydrogen) atoms. The minimum absolute atomic E-state index is 0. The number of ether oxygens (including phenoxy) is 3. The highest BCUT2D eigenvalue weighted by molar-refractivity contribution is 5.95. The SMILES string of the molecule is CCOc1cc(C(=O)NCC2CCCNC2)cc(OCC)c1OCC.Cl. The van der Waals surface area contributed by atoms with Crippen molar-refractivity contribution >= 4 is 18.3 Å². The zero-order valence-electron chi connectivity index (χ0n) is 15.9. The van der Waals surface area contributed by atoms with Gasteiger partial charge in [-0.2, -0.15) is 0 Å². The van der Waals surface area contributed by atoms with Gasteiger partial charge in [-0.3, -0.25) is 4.79 Å². The lowest BCUT2D eigenvalue weighted by molar-refractivity contribution is 0.0943. The second-order valence-electron chi connectivity index (χ2n) is 6.02. The standard InChI is InChI=1S/C19H30N2O4.ClH/c1-4-23-16-10-15(11-17(24-5-2)18(16)25-6-3)19(22)21-13-14-8-7-9-20-12-14;/h10-11,14,20H,4-9,12-13H2,1-3H3,(H,21,22);1H. The zero-order valence-corrected chi connectivity index (χ0v) is 16.7. The van der Waals surface area contributed by atoms with Gasteiger partial charge in [0.05, 0.1) is 19.8 Å². The second kappa shape index (κ2) is 11.9. The van der Waals surface area contributed by atoms with E-state index in [1.165, 1.54) is 0 Å². The van der Waals surface area contributed by atoms with Crippen molar-refractivity contribution in [2.45, 2.75) is 33.6 Å². The molecule has 0 saturated carbocycles. The van der Waals surface area contributed by atoms with Crippen molar-refractivity contribution in [1.29, 1.82) is 0 Å². The Morgan fingerprint density at radius 2 is 1.73 bits per heavy atom. The lowest BCUT2D eigenvalue weighted by Gasteiger charge is -2.23. The Labute approximate surface area is 162 Å². The molecule has 148 valence electrons. The third-order valence-electron chi connectivity index (χ3n) is 4.12. The lowest BCUT2D eigenvalue weighted by Crippen LogP contribution is -2.38. The largest absolute Gasteiger partial charge is 0.490 e. The number of carbonyl (C=O) groups excluding carboxylic acids is 1. The summed E-state index contributed by atoms with van der Waals surface area (Å²) in [6.07, 6.45) is 2.30. The molecule has 1 fully saturated rings. The monoisotopic (exact) mass is 386 g/mol. The van der Waals surface area contributed by atoms with Gasteiger partial charge in [-0.05, 0) is 64.8 Å². The van der Waals surface area contributed by atoms with Gasteiger partial charge < -0.3 is 24.8 Å². The predicted octanol–water partition coefficient (Wildman–Crippen LogP) is 3.03. The summed E-state index contributed by atoms with van der Waals surface area (Å²) in [4.78, 5) is 12.6. The molecule has 1 amide bonds. The van der Waals surface area contributed by atoms with E-state index in [4.69, 9.17) is 14.2 Å². The van der Waals surface area contributed by atoms with Crippen molar-refractivity contribution in [1.82, 2.24) is 10.6 Å². The molecule has 0 radical (unpaired) electrons. The molecule has 0 bridgehead atoms. The van der Waals surface area contributed by atoms with Crippen LogP contribution in [0, 0.1) is 5.92 Å². The molecular weight excluding hydrogens is 356 g/mol. The summed E-state index contributed by atoms with van der Waals surface area (Å²) in [7, 11) is 0. The smallest absolute Gasteiger partial charge is 0.251 e. The quantitative estimate of drug-likeness (QED) is 0.682. The molecule has 7 heteroatoms. The van der Waals surface area contributed by atoms with Crippen molar-refractivity contribution in [3.8, 4) is 17.2 Å². The average Bonchev–Trinajstić information content (AvgIpc) is 2.63. The van der Waals surface area contributed by atoms with E-state index < -0.39 is 0 Å². The number of halogens is 1. The van der Waals surface area contributed by atoms with Crippen LogP contribution >= 0.6 is 12.4 Å². The number of nitrogens with one attached hydrogen (secondary N) is 2. The first kappa shape index (κ1) is 22.4.